The number of nitrogens with one attached hydrogen (secondary N) is 1. The molecule has 2 aliphatic rings. The first-order chi connectivity index (χ1) is 12.9. The Hall–Kier alpha value is -1.82. The van der Waals surface area contributed by atoms with Crippen LogP contribution in [0.1, 0.15) is 46.6 Å². The molecule has 3 heterocycles. The van der Waals surface area contributed by atoms with Gasteiger partial charge in [-0.2, -0.15) is 0 Å². The molecule has 150 valence electrons. The molecule has 27 heavy (non-hydrogen) atoms. The maximum absolute atomic E-state index is 5.81. The van der Waals surface area contributed by atoms with Gasteiger partial charge < -0.3 is 19.9 Å². The van der Waals surface area contributed by atoms with Crippen molar-refractivity contribution < 1.29 is 4.74 Å². The van der Waals surface area contributed by atoms with E-state index in [2.05, 4.69) is 66.9 Å². The lowest BCUT2D eigenvalue weighted by molar-refractivity contribution is -0.00545. The normalized spacial score (nSPS) is 25.7. The number of aliphatic imine (C=N–C) groups is 1. The van der Waals surface area contributed by atoms with Gasteiger partial charge in [0.1, 0.15) is 5.82 Å². The quantitative estimate of drug-likeness (QED) is 0.650. The highest BCUT2D eigenvalue weighted by molar-refractivity contribution is 5.80. The van der Waals surface area contributed by atoms with Crippen LogP contribution in [0.15, 0.2) is 23.3 Å². The van der Waals surface area contributed by atoms with Crippen LogP contribution >= 0.6 is 0 Å². The molecule has 0 amide bonds. The molecule has 0 radical (unpaired) electrons. The Morgan fingerprint density at radius 2 is 2.04 bits per heavy atom. The Morgan fingerprint density at radius 1 is 1.30 bits per heavy atom. The van der Waals surface area contributed by atoms with Crippen molar-refractivity contribution in [2.45, 2.75) is 59.8 Å². The number of nitrogens with zero attached hydrogens (tertiary/aromatic N) is 4. The second-order valence-corrected chi connectivity index (χ2v) is 8.69. The van der Waals surface area contributed by atoms with Crippen LogP contribution < -0.4 is 10.2 Å². The monoisotopic (exact) mass is 373 g/mol. The largest absolute Gasteiger partial charge is 0.372 e. The van der Waals surface area contributed by atoms with Crippen molar-refractivity contribution in [3.05, 3.63) is 23.9 Å². The minimum absolute atomic E-state index is 0.243. The molecule has 0 aromatic carbocycles. The Kier molecular flexibility index (Phi) is 6.25. The highest BCUT2D eigenvalue weighted by Crippen LogP contribution is 2.28. The minimum atomic E-state index is 0.243. The lowest BCUT2D eigenvalue weighted by Gasteiger charge is -2.36. The number of guanidine groups is 1. The van der Waals surface area contributed by atoms with E-state index in [1.165, 1.54) is 6.42 Å². The molecule has 2 aliphatic heterocycles. The lowest BCUT2D eigenvalue weighted by atomic mass is 9.93. The van der Waals surface area contributed by atoms with Gasteiger partial charge >= 0.3 is 0 Å². The molecule has 0 bridgehead atoms. The van der Waals surface area contributed by atoms with E-state index < -0.39 is 0 Å². The van der Waals surface area contributed by atoms with Gasteiger partial charge in [-0.25, -0.2) is 9.98 Å². The summed E-state index contributed by atoms with van der Waals surface area (Å²) in [6.45, 7) is 16.5. The van der Waals surface area contributed by atoms with E-state index in [0.29, 0.717) is 12.0 Å². The van der Waals surface area contributed by atoms with Gasteiger partial charge in [-0.1, -0.05) is 19.9 Å². The molecule has 1 N–H and O–H groups in total. The number of hydrogen-bond donors (Lipinski definition) is 1. The Labute approximate surface area is 164 Å². The molecule has 0 aliphatic carbocycles. The van der Waals surface area contributed by atoms with Gasteiger partial charge in [0, 0.05) is 38.9 Å². The molecule has 2 saturated heterocycles. The first-order valence-electron chi connectivity index (χ1n) is 10.2. The average Bonchev–Trinajstić information content (AvgIpc) is 2.98. The number of morpholine rings is 1. The highest BCUT2D eigenvalue weighted by atomic mass is 16.5. The number of aromatic nitrogens is 1. The molecule has 1 aromatic rings. The number of anilines is 1. The fraction of sp³-hybridized carbons (Fsp3) is 0.714. The second kappa shape index (κ2) is 8.46. The molecular weight excluding hydrogens is 338 g/mol. The van der Waals surface area contributed by atoms with E-state index >= 15 is 0 Å². The smallest absolute Gasteiger partial charge is 0.194 e. The van der Waals surface area contributed by atoms with Gasteiger partial charge in [-0.15, -0.1) is 0 Å². The second-order valence-electron chi connectivity index (χ2n) is 8.69. The molecule has 6 nitrogen and oxygen atoms in total. The van der Waals surface area contributed by atoms with Crippen LogP contribution in [-0.4, -0.2) is 60.8 Å². The van der Waals surface area contributed by atoms with Gasteiger partial charge in [0.15, 0.2) is 5.96 Å². The SMILES string of the molecule is CCNC(=NCc1ccc(N2CC(C)OC(C)C2)nc1)N1CCC(C)(C)C1. The molecule has 0 saturated carbocycles. The van der Waals surface area contributed by atoms with Gasteiger partial charge in [-0.3, -0.25) is 0 Å². The fourth-order valence-electron chi connectivity index (χ4n) is 3.95. The third-order valence-corrected chi connectivity index (χ3v) is 5.28. The van der Waals surface area contributed by atoms with Crippen LogP contribution in [0.25, 0.3) is 0 Å². The number of rotatable bonds is 4. The van der Waals surface area contributed by atoms with Crippen molar-refractivity contribution >= 4 is 11.8 Å². The zero-order chi connectivity index (χ0) is 19.4. The summed E-state index contributed by atoms with van der Waals surface area (Å²) in [7, 11) is 0. The third-order valence-electron chi connectivity index (χ3n) is 5.28. The van der Waals surface area contributed by atoms with Crippen molar-refractivity contribution in [2.75, 3.05) is 37.6 Å². The number of pyridine rings is 1. The lowest BCUT2D eigenvalue weighted by Crippen LogP contribution is -2.45. The molecule has 2 unspecified atom stereocenters. The van der Waals surface area contributed by atoms with Crippen LogP contribution in [-0.2, 0) is 11.3 Å². The molecular formula is C21H35N5O. The van der Waals surface area contributed by atoms with E-state index in [1.807, 2.05) is 6.20 Å². The van der Waals surface area contributed by atoms with Gasteiger partial charge in [0.25, 0.3) is 0 Å². The molecule has 2 atom stereocenters. The van der Waals surface area contributed by atoms with Crippen LogP contribution in [0.3, 0.4) is 0 Å². The van der Waals surface area contributed by atoms with E-state index in [1.54, 1.807) is 0 Å². The van der Waals surface area contributed by atoms with Gasteiger partial charge in [-0.05, 0) is 44.2 Å². The fourth-order valence-corrected chi connectivity index (χ4v) is 3.95. The van der Waals surface area contributed by atoms with Crippen LogP contribution in [0.2, 0.25) is 0 Å². The number of ether oxygens (including phenoxy) is 1. The summed E-state index contributed by atoms with van der Waals surface area (Å²) < 4.78 is 5.81. The van der Waals surface area contributed by atoms with Crippen molar-refractivity contribution in [3.8, 4) is 0 Å². The van der Waals surface area contributed by atoms with Crippen molar-refractivity contribution in [2.24, 2.45) is 10.4 Å². The van der Waals surface area contributed by atoms with E-state index in [4.69, 9.17) is 9.73 Å². The van der Waals surface area contributed by atoms with E-state index in [9.17, 15) is 0 Å². The maximum Gasteiger partial charge on any atom is 0.194 e. The standard InChI is InChI=1S/C21H35N5O/c1-6-22-20(25-10-9-21(4,5)15-25)24-12-18-7-8-19(23-11-18)26-13-16(2)27-17(3)14-26/h7-8,11,16-17H,6,9-10,12-15H2,1-5H3,(H,22,24). The molecule has 6 heteroatoms. The third kappa shape index (κ3) is 5.34. The van der Waals surface area contributed by atoms with Crippen LogP contribution in [0.4, 0.5) is 5.82 Å². The first-order valence-corrected chi connectivity index (χ1v) is 10.2. The molecule has 3 rings (SSSR count). The van der Waals surface area contributed by atoms with Crippen molar-refractivity contribution in [1.29, 1.82) is 0 Å². The average molecular weight is 374 g/mol. The summed E-state index contributed by atoms with van der Waals surface area (Å²) in [5.41, 5.74) is 1.51. The summed E-state index contributed by atoms with van der Waals surface area (Å²) in [5, 5.41) is 3.44. The summed E-state index contributed by atoms with van der Waals surface area (Å²) in [6, 6.07) is 4.26. The van der Waals surface area contributed by atoms with Crippen LogP contribution in [0.5, 0.6) is 0 Å². The summed E-state index contributed by atoms with van der Waals surface area (Å²) in [6.07, 6.45) is 3.66. The summed E-state index contributed by atoms with van der Waals surface area (Å²) >= 11 is 0. The summed E-state index contributed by atoms with van der Waals surface area (Å²) in [5.74, 6) is 2.04. The predicted octanol–water partition coefficient (Wildman–Crippen LogP) is 2.89. The number of hydrogen-bond acceptors (Lipinski definition) is 4. The number of likely N-dealkylation sites (tertiary alicyclic amines) is 1. The Balaban J connectivity index is 1.63. The van der Waals surface area contributed by atoms with Crippen molar-refractivity contribution in [1.82, 2.24) is 15.2 Å². The van der Waals surface area contributed by atoms with E-state index in [-0.39, 0.29) is 12.2 Å². The summed E-state index contributed by atoms with van der Waals surface area (Å²) in [4.78, 5) is 14.2. The van der Waals surface area contributed by atoms with Gasteiger partial charge in [0.05, 0.1) is 18.8 Å². The van der Waals surface area contributed by atoms with Crippen molar-refractivity contribution in [3.63, 3.8) is 0 Å². The molecule has 2 fully saturated rings. The topological polar surface area (TPSA) is 53.0 Å². The maximum atomic E-state index is 5.81. The zero-order valence-corrected chi connectivity index (χ0v) is 17.5. The minimum Gasteiger partial charge on any atom is -0.372 e. The first kappa shape index (κ1) is 19.9. The molecule has 1 aromatic heterocycles. The molecule has 0 spiro atoms. The zero-order valence-electron chi connectivity index (χ0n) is 17.5. The van der Waals surface area contributed by atoms with Gasteiger partial charge in [0.2, 0.25) is 0 Å². The van der Waals surface area contributed by atoms with E-state index in [0.717, 1.165) is 50.1 Å². The Bertz CT molecular complexity index is 632. The Morgan fingerprint density at radius 3 is 2.59 bits per heavy atom. The predicted molar refractivity (Wildman–Crippen MR) is 111 cm³/mol. The van der Waals surface area contributed by atoms with Crippen LogP contribution in [0, 0.1) is 5.41 Å². The highest BCUT2D eigenvalue weighted by Gasteiger charge is 2.30.